The van der Waals surface area contributed by atoms with Crippen LogP contribution in [-0.4, -0.2) is 57.3 Å². The van der Waals surface area contributed by atoms with Gasteiger partial charge in [-0.2, -0.15) is 5.10 Å². The van der Waals surface area contributed by atoms with Gasteiger partial charge in [-0.15, -0.1) is 5.10 Å². The number of rotatable bonds is 5. The van der Waals surface area contributed by atoms with Gasteiger partial charge in [0, 0.05) is 19.1 Å². The molecule has 0 spiro atoms. The molecule has 30 heavy (non-hydrogen) atoms. The highest BCUT2D eigenvalue weighted by atomic mass is 15.3. The molecular formula is C23H29N7. The lowest BCUT2D eigenvalue weighted by Gasteiger charge is -2.24. The smallest absolute Gasteiger partial charge is 0.154 e. The first-order valence-corrected chi connectivity index (χ1v) is 11.0. The Kier molecular flexibility index (Phi) is 5.21. The Morgan fingerprint density at radius 3 is 2.70 bits per heavy atom. The lowest BCUT2D eigenvalue weighted by Crippen LogP contribution is -2.35. The van der Waals surface area contributed by atoms with Gasteiger partial charge in [0.1, 0.15) is 5.82 Å². The van der Waals surface area contributed by atoms with Gasteiger partial charge in [0.05, 0.1) is 29.1 Å². The lowest BCUT2D eigenvalue weighted by molar-refractivity contribution is 0.260. The number of hydrogen-bond acceptors (Lipinski definition) is 7. The molecule has 0 aromatic carbocycles. The molecule has 7 heteroatoms. The van der Waals surface area contributed by atoms with Crippen molar-refractivity contribution in [3.05, 3.63) is 42.2 Å². The van der Waals surface area contributed by atoms with Gasteiger partial charge in [0.2, 0.25) is 0 Å². The average Bonchev–Trinajstić information content (AvgIpc) is 3.45. The highest BCUT2D eigenvalue weighted by Gasteiger charge is 2.29. The highest BCUT2D eigenvalue weighted by Crippen LogP contribution is 2.27. The molecule has 5 rings (SSSR count). The zero-order valence-electron chi connectivity index (χ0n) is 17.8. The van der Waals surface area contributed by atoms with Crippen LogP contribution in [-0.2, 0) is 0 Å². The number of nitrogens with one attached hydrogen (secondary N) is 1. The number of fused-ring (bicyclic) bond motifs is 1. The second-order valence-corrected chi connectivity index (χ2v) is 8.71. The first-order valence-electron chi connectivity index (χ1n) is 11.0. The summed E-state index contributed by atoms with van der Waals surface area (Å²) >= 11 is 0. The molecule has 0 saturated carbocycles. The molecule has 0 bridgehead atoms. The summed E-state index contributed by atoms with van der Waals surface area (Å²) in [6.45, 7) is 8.98. The summed E-state index contributed by atoms with van der Waals surface area (Å²) in [7, 11) is 0. The van der Waals surface area contributed by atoms with Crippen molar-refractivity contribution in [2.45, 2.75) is 45.1 Å². The van der Waals surface area contributed by atoms with Crippen LogP contribution in [0.5, 0.6) is 0 Å². The minimum atomic E-state index is 0.405. The van der Waals surface area contributed by atoms with Crippen molar-refractivity contribution >= 4 is 28.4 Å². The van der Waals surface area contributed by atoms with E-state index in [1.165, 1.54) is 32.4 Å². The molecule has 2 saturated heterocycles. The van der Waals surface area contributed by atoms with Gasteiger partial charge < -0.3 is 10.2 Å². The molecule has 1 unspecified atom stereocenters. The van der Waals surface area contributed by atoms with Crippen molar-refractivity contribution in [3.63, 3.8) is 0 Å². The van der Waals surface area contributed by atoms with Crippen LogP contribution in [0.4, 0.5) is 17.3 Å². The van der Waals surface area contributed by atoms with E-state index in [0.29, 0.717) is 17.8 Å². The van der Waals surface area contributed by atoms with Gasteiger partial charge in [-0.25, -0.2) is 4.98 Å². The van der Waals surface area contributed by atoms with Crippen molar-refractivity contribution in [2.75, 3.05) is 36.4 Å². The molecule has 2 aliphatic rings. The van der Waals surface area contributed by atoms with Crippen LogP contribution in [0, 0.1) is 0 Å². The van der Waals surface area contributed by atoms with Gasteiger partial charge in [-0.3, -0.25) is 9.88 Å². The molecule has 1 atom stereocenters. The van der Waals surface area contributed by atoms with E-state index < -0.39 is 0 Å². The van der Waals surface area contributed by atoms with Crippen molar-refractivity contribution in [3.8, 4) is 0 Å². The third-order valence-corrected chi connectivity index (χ3v) is 6.31. The standard InChI is InChI=1S/C23H29N7/c1-16(2)17-11-23(28-25-13-17)27-22-6-5-20-21(26-22)12-19(14-24-20)30-10-7-18(15-30)29-8-3-4-9-29/h5-6,11-14,16,18H,3-4,7-10,15H2,1-2H3,(H,26,27,28). The first kappa shape index (κ1) is 19.2. The summed E-state index contributed by atoms with van der Waals surface area (Å²) in [6.07, 6.45) is 7.72. The molecule has 0 amide bonds. The number of hydrogen-bond donors (Lipinski definition) is 1. The maximum Gasteiger partial charge on any atom is 0.154 e. The molecule has 1 N–H and O–H groups in total. The third kappa shape index (κ3) is 3.94. The van der Waals surface area contributed by atoms with E-state index in [4.69, 9.17) is 4.98 Å². The molecule has 0 aliphatic carbocycles. The summed E-state index contributed by atoms with van der Waals surface area (Å²) in [6, 6.07) is 8.82. The minimum absolute atomic E-state index is 0.405. The van der Waals surface area contributed by atoms with Gasteiger partial charge >= 0.3 is 0 Å². The third-order valence-electron chi connectivity index (χ3n) is 6.31. The van der Waals surface area contributed by atoms with Gasteiger partial charge in [-0.05, 0) is 68.1 Å². The van der Waals surface area contributed by atoms with E-state index in [1.807, 2.05) is 30.6 Å². The SMILES string of the molecule is CC(C)c1cnnc(Nc2ccc3ncc(N4CCC(N5CCCC5)C4)cc3n2)c1. The van der Waals surface area contributed by atoms with Crippen molar-refractivity contribution < 1.29 is 0 Å². The van der Waals surface area contributed by atoms with Crippen molar-refractivity contribution in [2.24, 2.45) is 0 Å². The lowest BCUT2D eigenvalue weighted by atomic mass is 10.1. The van der Waals surface area contributed by atoms with Crippen LogP contribution in [0.15, 0.2) is 36.7 Å². The van der Waals surface area contributed by atoms with E-state index >= 15 is 0 Å². The second kappa shape index (κ2) is 8.14. The normalized spacial score (nSPS) is 19.8. The summed E-state index contributed by atoms with van der Waals surface area (Å²) in [4.78, 5) is 14.6. The fourth-order valence-corrected chi connectivity index (χ4v) is 4.51. The molecule has 0 radical (unpaired) electrons. The monoisotopic (exact) mass is 403 g/mol. The quantitative estimate of drug-likeness (QED) is 0.691. The predicted molar refractivity (Wildman–Crippen MR) is 120 cm³/mol. The summed E-state index contributed by atoms with van der Waals surface area (Å²) < 4.78 is 0. The van der Waals surface area contributed by atoms with Crippen LogP contribution < -0.4 is 10.2 Å². The van der Waals surface area contributed by atoms with Crippen LogP contribution in [0.2, 0.25) is 0 Å². The summed E-state index contributed by atoms with van der Waals surface area (Å²) in [5.41, 5.74) is 4.12. The maximum atomic E-state index is 4.80. The second-order valence-electron chi connectivity index (χ2n) is 8.71. The zero-order valence-corrected chi connectivity index (χ0v) is 17.8. The number of anilines is 3. The van der Waals surface area contributed by atoms with Crippen molar-refractivity contribution in [1.82, 2.24) is 25.1 Å². The molecule has 156 valence electrons. The molecule has 7 nitrogen and oxygen atoms in total. The largest absolute Gasteiger partial charge is 0.369 e. The minimum Gasteiger partial charge on any atom is -0.369 e. The van der Waals surface area contributed by atoms with Crippen molar-refractivity contribution in [1.29, 1.82) is 0 Å². The Hall–Kier alpha value is -2.80. The van der Waals surface area contributed by atoms with Gasteiger partial charge in [0.15, 0.2) is 5.82 Å². The van der Waals surface area contributed by atoms with Crippen LogP contribution in [0.3, 0.4) is 0 Å². The van der Waals surface area contributed by atoms with E-state index in [1.54, 1.807) is 0 Å². The summed E-state index contributed by atoms with van der Waals surface area (Å²) in [5, 5.41) is 11.6. The van der Waals surface area contributed by atoms with Gasteiger partial charge in [-0.1, -0.05) is 13.8 Å². The zero-order chi connectivity index (χ0) is 20.5. The van der Waals surface area contributed by atoms with Crippen LogP contribution >= 0.6 is 0 Å². The van der Waals surface area contributed by atoms with Crippen LogP contribution in [0.1, 0.15) is 44.6 Å². The van der Waals surface area contributed by atoms with E-state index in [9.17, 15) is 0 Å². The van der Waals surface area contributed by atoms with E-state index in [-0.39, 0.29) is 0 Å². The molecule has 3 aromatic heterocycles. The Morgan fingerprint density at radius 2 is 1.87 bits per heavy atom. The topological polar surface area (TPSA) is 70.1 Å². The number of nitrogens with zero attached hydrogens (tertiary/aromatic N) is 6. The van der Waals surface area contributed by atoms with E-state index in [2.05, 4.69) is 50.2 Å². The predicted octanol–water partition coefficient (Wildman–Crippen LogP) is 3.96. The first-order chi connectivity index (χ1) is 14.7. The molecule has 3 aromatic rings. The molecular weight excluding hydrogens is 374 g/mol. The Morgan fingerprint density at radius 1 is 1.00 bits per heavy atom. The Labute approximate surface area is 177 Å². The number of aromatic nitrogens is 4. The van der Waals surface area contributed by atoms with E-state index in [0.717, 1.165) is 41.2 Å². The average molecular weight is 404 g/mol. The highest BCUT2D eigenvalue weighted by molar-refractivity contribution is 5.80. The Balaban J connectivity index is 1.35. The Bertz CT molecular complexity index is 1030. The number of likely N-dealkylation sites (tertiary alicyclic amines) is 1. The maximum absolute atomic E-state index is 4.80. The molecule has 5 heterocycles. The van der Waals surface area contributed by atoms with Crippen LogP contribution in [0.25, 0.3) is 11.0 Å². The van der Waals surface area contributed by atoms with Gasteiger partial charge in [0.25, 0.3) is 0 Å². The molecule has 2 aliphatic heterocycles. The molecule has 2 fully saturated rings. The summed E-state index contributed by atoms with van der Waals surface area (Å²) in [5.74, 6) is 1.88. The fraction of sp³-hybridized carbons (Fsp3) is 0.478. The number of pyridine rings is 2. The fourth-order valence-electron chi connectivity index (χ4n) is 4.51.